The van der Waals surface area contributed by atoms with Crippen molar-refractivity contribution in [2.75, 3.05) is 13.1 Å². The van der Waals surface area contributed by atoms with E-state index in [-0.39, 0.29) is 24.3 Å². The second-order valence-corrected chi connectivity index (χ2v) is 6.90. The van der Waals surface area contributed by atoms with E-state index >= 15 is 0 Å². The SMILES string of the molecule is Cc1noc(C)c1CN1CCC(Oc2cc3ccncc3cc2F)CC1.Cl. The minimum Gasteiger partial charge on any atom is -0.487 e. The number of nitrogens with zero attached hydrogens (tertiary/aromatic N) is 3. The van der Waals surface area contributed by atoms with Gasteiger partial charge in [0.15, 0.2) is 11.6 Å². The normalized spacial score (nSPS) is 15.7. The van der Waals surface area contributed by atoms with Crippen molar-refractivity contribution in [1.29, 1.82) is 0 Å². The first kappa shape index (κ1) is 19.6. The van der Waals surface area contributed by atoms with Crippen LogP contribution in [0.25, 0.3) is 10.8 Å². The van der Waals surface area contributed by atoms with Crippen LogP contribution in [-0.2, 0) is 6.54 Å². The van der Waals surface area contributed by atoms with Crippen molar-refractivity contribution in [2.24, 2.45) is 0 Å². The van der Waals surface area contributed by atoms with Crippen molar-refractivity contribution in [3.63, 3.8) is 0 Å². The fourth-order valence-electron chi connectivity index (χ4n) is 3.49. The highest BCUT2D eigenvalue weighted by Gasteiger charge is 2.23. The zero-order valence-electron chi connectivity index (χ0n) is 15.4. The van der Waals surface area contributed by atoms with Gasteiger partial charge in [-0.15, -0.1) is 12.4 Å². The standard InChI is InChI=1S/C20H22FN3O2.ClH/c1-13-18(14(2)26-23-13)12-24-7-4-17(5-8-24)25-20-10-15-3-6-22-11-16(15)9-19(20)21;/h3,6,9-11,17H,4-5,7-8,12H2,1-2H3;1H. The highest BCUT2D eigenvalue weighted by atomic mass is 35.5. The van der Waals surface area contributed by atoms with Gasteiger partial charge in [0.25, 0.3) is 0 Å². The number of hydrogen-bond acceptors (Lipinski definition) is 5. The maximum atomic E-state index is 14.3. The van der Waals surface area contributed by atoms with Crippen LogP contribution in [-0.4, -0.2) is 34.2 Å². The van der Waals surface area contributed by atoms with Crippen molar-refractivity contribution in [3.05, 3.63) is 53.4 Å². The predicted octanol–water partition coefficient (Wildman–Crippen LogP) is 4.44. The molecule has 0 aliphatic carbocycles. The molecule has 3 aromatic rings. The minimum atomic E-state index is -0.330. The number of fused-ring (bicyclic) bond motifs is 1. The molecule has 3 heterocycles. The molecule has 0 radical (unpaired) electrons. The lowest BCUT2D eigenvalue weighted by atomic mass is 10.1. The number of rotatable bonds is 4. The molecule has 7 heteroatoms. The zero-order chi connectivity index (χ0) is 18.1. The van der Waals surface area contributed by atoms with Crippen molar-refractivity contribution < 1.29 is 13.7 Å². The summed E-state index contributed by atoms with van der Waals surface area (Å²) < 4.78 is 25.5. The summed E-state index contributed by atoms with van der Waals surface area (Å²) in [6.45, 7) is 6.58. The smallest absolute Gasteiger partial charge is 0.165 e. The summed E-state index contributed by atoms with van der Waals surface area (Å²) in [6, 6.07) is 5.13. The molecule has 1 aromatic carbocycles. The highest BCUT2D eigenvalue weighted by molar-refractivity contribution is 5.85. The average Bonchev–Trinajstić information content (AvgIpc) is 2.96. The third kappa shape index (κ3) is 4.22. The van der Waals surface area contributed by atoms with Gasteiger partial charge in [0.2, 0.25) is 0 Å². The number of pyridine rings is 1. The number of aryl methyl sites for hydroxylation is 2. The van der Waals surface area contributed by atoms with Gasteiger partial charge in [-0.2, -0.15) is 0 Å². The fraction of sp³-hybridized carbons (Fsp3) is 0.400. The Morgan fingerprint density at radius 3 is 2.70 bits per heavy atom. The molecule has 0 amide bonds. The number of piperidine rings is 1. The summed E-state index contributed by atoms with van der Waals surface area (Å²) in [5.74, 6) is 0.880. The minimum absolute atomic E-state index is 0. The van der Waals surface area contributed by atoms with Crippen molar-refractivity contribution in [1.82, 2.24) is 15.0 Å². The average molecular weight is 392 g/mol. The maximum Gasteiger partial charge on any atom is 0.165 e. The monoisotopic (exact) mass is 391 g/mol. The molecule has 1 aliphatic heterocycles. The Morgan fingerprint density at radius 2 is 2.00 bits per heavy atom. The van der Waals surface area contributed by atoms with Crippen LogP contribution in [0.3, 0.4) is 0 Å². The van der Waals surface area contributed by atoms with Gasteiger partial charge in [0.1, 0.15) is 11.9 Å². The van der Waals surface area contributed by atoms with E-state index < -0.39 is 0 Å². The molecule has 2 aromatic heterocycles. The van der Waals surface area contributed by atoms with Crippen LogP contribution >= 0.6 is 12.4 Å². The molecule has 144 valence electrons. The second-order valence-electron chi connectivity index (χ2n) is 6.90. The maximum absolute atomic E-state index is 14.3. The summed E-state index contributed by atoms with van der Waals surface area (Å²) in [4.78, 5) is 6.40. The molecule has 1 fully saturated rings. The summed E-state index contributed by atoms with van der Waals surface area (Å²) >= 11 is 0. The Bertz CT molecular complexity index is 903. The van der Waals surface area contributed by atoms with E-state index in [0.717, 1.165) is 54.7 Å². The third-order valence-corrected chi connectivity index (χ3v) is 5.08. The Morgan fingerprint density at radius 1 is 1.22 bits per heavy atom. The topological polar surface area (TPSA) is 51.4 Å². The van der Waals surface area contributed by atoms with Gasteiger partial charge in [0, 0.05) is 43.0 Å². The third-order valence-electron chi connectivity index (χ3n) is 5.08. The van der Waals surface area contributed by atoms with Gasteiger partial charge in [-0.25, -0.2) is 4.39 Å². The van der Waals surface area contributed by atoms with Crippen molar-refractivity contribution in [3.8, 4) is 5.75 Å². The number of likely N-dealkylation sites (tertiary alicyclic amines) is 1. The van der Waals surface area contributed by atoms with Gasteiger partial charge >= 0.3 is 0 Å². The first-order chi connectivity index (χ1) is 12.6. The Labute approximate surface area is 163 Å². The predicted molar refractivity (Wildman–Crippen MR) is 104 cm³/mol. The van der Waals surface area contributed by atoms with E-state index in [1.54, 1.807) is 18.5 Å². The van der Waals surface area contributed by atoms with Crippen LogP contribution < -0.4 is 4.74 Å². The van der Waals surface area contributed by atoms with Crippen molar-refractivity contribution in [2.45, 2.75) is 39.3 Å². The first-order valence-electron chi connectivity index (χ1n) is 8.94. The summed E-state index contributed by atoms with van der Waals surface area (Å²) in [5, 5.41) is 5.74. The van der Waals surface area contributed by atoms with Gasteiger partial charge in [0.05, 0.1) is 5.69 Å². The molecule has 0 N–H and O–H groups in total. The van der Waals surface area contributed by atoms with Crippen LogP contribution in [0.15, 0.2) is 35.1 Å². The lowest BCUT2D eigenvalue weighted by Crippen LogP contribution is -2.38. The molecule has 1 saturated heterocycles. The summed E-state index contributed by atoms with van der Waals surface area (Å²) in [6.07, 6.45) is 5.14. The van der Waals surface area contributed by atoms with Gasteiger partial charge in [-0.3, -0.25) is 9.88 Å². The zero-order valence-corrected chi connectivity index (χ0v) is 16.3. The molecule has 5 nitrogen and oxygen atoms in total. The Hall–Kier alpha value is -2.18. The molecule has 27 heavy (non-hydrogen) atoms. The number of hydrogen-bond donors (Lipinski definition) is 0. The van der Waals surface area contributed by atoms with E-state index in [1.807, 2.05) is 19.9 Å². The molecule has 0 atom stereocenters. The molecular weight excluding hydrogens is 369 g/mol. The van der Waals surface area contributed by atoms with Crippen molar-refractivity contribution >= 4 is 23.2 Å². The van der Waals surface area contributed by atoms with E-state index in [4.69, 9.17) is 9.26 Å². The van der Waals surface area contributed by atoms with E-state index in [0.29, 0.717) is 5.75 Å². The lowest BCUT2D eigenvalue weighted by Gasteiger charge is -2.32. The quantitative estimate of drug-likeness (QED) is 0.657. The van der Waals surface area contributed by atoms with E-state index in [1.165, 1.54) is 11.6 Å². The Kier molecular flexibility index (Phi) is 5.97. The first-order valence-corrected chi connectivity index (χ1v) is 8.94. The largest absolute Gasteiger partial charge is 0.487 e. The number of ether oxygens (including phenoxy) is 1. The lowest BCUT2D eigenvalue weighted by molar-refractivity contribution is 0.0934. The fourth-order valence-corrected chi connectivity index (χ4v) is 3.49. The van der Waals surface area contributed by atoms with Crippen LogP contribution in [0.1, 0.15) is 29.9 Å². The molecule has 0 spiro atoms. The molecule has 0 saturated carbocycles. The van der Waals surface area contributed by atoms with Gasteiger partial charge in [-0.05, 0) is 50.3 Å². The summed E-state index contributed by atoms with van der Waals surface area (Å²) in [7, 11) is 0. The second kappa shape index (κ2) is 8.23. The number of aromatic nitrogens is 2. The van der Waals surface area contributed by atoms with Crippen LogP contribution in [0, 0.1) is 19.7 Å². The summed E-state index contributed by atoms with van der Waals surface area (Å²) in [5.41, 5.74) is 2.12. The van der Waals surface area contributed by atoms with Gasteiger partial charge in [-0.1, -0.05) is 5.16 Å². The van der Waals surface area contributed by atoms with Crippen LogP contribution in [0.2, 0.25) is 0 Å². The molecule has 4 rings (SSSR count). The highest BCUT2D eigenvalue weighted by Crippen LogP contribution is 2.27. The molecule has 1 aliphatic rings. The molecular formula is C20H23ClFN3O2. The van der Waals surface area contributed by atoms with E-state index in [9.17, 15) is 4.39 Å². The number of benzene rings is 1. The number of halogens is 2. The van der Waals surface area contributed by atoms with Gasteiger partial charge < -0.3 is 9.26 Å². The van der Waals surface area contributed by atoms with Crippen LogP contribution in [0.5, 0.6) is 5.75 Å². The Balaban J connectivity index is 0.00000210. The van der Waals surface area contributed by atoms with Crippen LogP contribution in [0.4, 0.5) is 4.39 Å². The molecule has 0 unspecified atom stereocenters. The van der Waals surface area contributed by atoms with E-state index in [2.05, 4.69) is 15.0 Å². The molecule has 0 bridgehead atoms.